The van der Waals surface area contributed by atoms with Crippen LogP contribution in [-0.4, -0.2) is 19.2 Å². The van der Waals surface area contributed by atoms with Gasteiger partial charge in [0.25, 0.3) is 0 Å². The summed E-state index contributed by atoms with van der Waals surface area (Å²) in [7, 11) is 1.66. The largest absolute Gasteiger partial charge is 0.459 e. The van der Waals surface area contributed by atoms with E-state index in [1.165, 1.54) is 6.42 Å². The molecule has 0 N–H and O–H groups in total. The van der Waals surface area contributed by atoms with Gasteiger partial charge >= 0.3 is 5.97 Å². The lowest BCUT2D eigenvalue weighted by Gasteiger charge is -2.26. The molecule has 0 radical (unpaired) electrons. The molecule has 1 aliphatic rings. The van der Waals surface area contributed by atoms with Crippen molar-refractivity contribution in [2.45, 2.75) is 45.3 Å². The lowest BCUT2D eigenvalue weighted by Crippen LogP contribution is -2.24. The average molecular weight is 262 g/mol. The first-order valence-corrected chi connectivity index (χ1v) is 6.98. The van der Waals surface area contributed by atoms with Crippen molar-refractivity contribution in [3.63, 3.8) is 0 Å². The number of ether oxygens (including phenoxy) is 2. The Bertz CT molecular complexity index is 411. The molecule has 1 aliphatic carbocycles. The van der Waals surface area contributed by atoms with Gasteiger partial charge in [-0.05, 0) is 42.9 Å². The first-order valence-electron chi connectivity index (χ1n) is 6.98. The van der Waals surface area contributed by atoms with E-state index in [9.17, 15) is 4.79 Å². The van der Waals surface area contributed by atoms with Gasteiger partial charge in [-0.2, -0.15) is 0 Å². The molecule has 0 aromatic heterocycles. The minimum Gasteiger partial charge on any atom is -0.459 e. The number of benzene rings is 1. The van der Waals surface area contributed by atoms with Crippen LogP contribution in [-0.2, 0) is 16.1 Å². The Morgan fingerprint density at radius 2 is 2.00 bits per heavy atom. The topological polar surface area (TPSA) is 35.5 Å². The van der Waals surface area contributed by atoms with Crippen LogP contribution in [0.4, 0.5) is 0 Å². The summed E-state index contributed by atoms with van der Waals surface area (Å²) in [6.07, 6.45) is 4.49. The third-order valence-corrected chi connectivity index (χ3v) is 3.66. The van der Waals surface area contributed by atoms with Crippen molar-refractivity contribution < 1.29 is 14.3 Å². The quantitative estimate of drug-likeness (QED) is 0.778. The minimum absolute atomic E-state index is 0.0925. The molecule has 2 unspecified atom stereocenters. The van der Waals surface area contributed by atoms with Crippen molar-refractivity contribution >= 4 is 5.97 Å². The Hall–Kier alpha value is -1.35. The molecule has 1 saturated carbocycles. The van der Waals surface area contributed by atoms with Crippen LogP contribution >= 0.6 is 0 Å². The zero-order valence-electron chi connectivity index (χ0n) is 11.7. The maximum Gasteiger partial charge on any atom is 0.338 e. The van der Waals surface area contributed by atoms with Gasteiger partial charge in [0.1, 0.15) is 6.10 Å². The summed E-state index contributed by atoms with van der Waals surface area (Å²) in [5.41, 5.74) is 1.68. The SMILES string of the molecule is COCc1ccc(C(=O)OC2CCCC(C)C2)cc1. The monoisotopic (exact) mass is 262 g/mol. The van der Waals surface area contributed by atoms with Gasteiger partial charge in [-0.3, -0.25) is 0 Å². The van der Waals surface area contributed by atoms with Crippen molar-refractivity contribution in [1.82, 2.24) is 0 Å². The van der Waals surface area contributed by atoms with E-state index in [0.29, 0.717) is 18.1 Å². The number of methoxy groups -OCH3 is 1. The number of esters is 1. The Kier molecular flexibility index (Phi) is 4.97. The molecule has 0 heterocycles. The van der Waals surface area contributed by atoms with Crippen LogP contribution < -0.4 is 0 Å². The summed E-state index contributed by atoms with van der Waals surface area (Å²) in [4.78, 5) is 12.0. The van der Waals surface area contributed by atoms with Gasteiger partial charge in [-0.1, -0.05) is 25.5 Å². The minimum atomic E-state index is -0.205. The molecule has 0 spiro atoms. The second kappa shape index (κ2) is 6.71. The van der Waals surface area contributed by atoms with Crippen molar-refractivity contribution in [1.29, 1.82) is 0 Å². The van der Waals surface area contributed by atoms with Crippen LogP contribution in [0, 0.1) is 5.92 Å². The van der Waals surface area contributed by atoms with Crippen LogP contribution in [0.3, 0.4) is 0 Å². The molecule has 104 valence electrons. The fraction of sp³-hybridized carbons (Fsp3) is 0.562. The summed E-state index contributed by atoms with van der Waals surface area (Å²) in [5, 5.41) is 0. The van der Waals surface area contributed by atoms with Crippen molar-refractivity contribution in [2.24, 2.45) is 5.92 Å². The van der Waals surface area contributed by atoms with Crippen LogP contribution in [0.15, 0.2) is 24.3 Å². The highest BCUT2D eigenvalue weighted by molar-refractivity contribution is 5.89. The number of rotatable bonds is 4. The summed E-state index contributed by atoms with van der Waals surface area (Å²) >= 11 is 0. The zero-order chi connectivity index (χ0) is 13.7. The zero-order valence-corrected chi connectivity index (χ0v) is 11.7. The van der Waals surface area contributed by atoms with Crippen LogP contribution in [0.2, 0.25) is 0 Å². The van der Waals surface area contributed by atoms with Crippen LogP contribution in [0.1, 0.15) is 48.5 Å². The Labute approximate surface area is 114 Å². The summed E-state index contributed by atoms with van der Waals surface area (Å²) < 4.78 is 10.6. The average Bonchev–Trinajstić information content (AvgIpc) is 2.40. The Morgan fingerprint density at radius 1 is 1.26 bits per heavy atom. The second-order valence-corrected chi connectivity index (χ2v) is 5.43. The number of hydrogen-bond donors (Lipinski definition) is 0. The van der Waals surface area contributed by atoms with Gasteiger partial charge in [0.15, 0.2) is 0 Å². The smallest absolute Gasteiger partial charge is 0.338 e. The maximum atomic E-state index is 12.0. The van der Waals surface area contributed by atoms with Gasteiger partial charge in [0.05, 0.1) is 12.2 Å². The van der Waals surface area contributed by atoms with Gasteiger partial charge in [-0.25, -0.2) is 4.79 Å². The maximum absolute atomic E-state index is 12.0. The van der Waals surface area contributed by atoms with Crippen molar-refractivity contribution in [3.05, 3.63) is 35.4 Å². The van der Waals surface area contributed by atoms with E-state index >= 15 is 0 Å². The third-order valence-electron chi connectivity index (χ3n) is 3.66. The van der Waals surface area contributed by atoms with E-state index in [-0.39, 0.29) is 12.1 Å². The van der Waals surface area contributed by atoms with Gasteiger partial charge in [0.2, 0.25) is 0 Å². The molecule has 2 rings (SSSR count). The summed E-state index contributed by atoms with van der Waals surface area (Å²) in [5.74, 6) is 0.457. The predicted octanol–water partition coefficient (Wildman–Crippen LogP) is 3.57. The highest BCUT2D eigenvalue weighted by Gasteiger charge is 2.22. The molecule has 0 saturated heterocycles. The first-order chi connectivity index (χ1) is 9.19. The lowest BCUT2D eigenvalue weighted by atomic mass is 9.89. The van der Waals surface area contributed by atoms with E-state index in [0.717, 1.165) is 24.8 Å². The standard InChI is InChI=1S/C16H22O3/c1-12-4-3-5-15(10-12)19-16(17)14-8-6-13(7-9-14)11-18-2/h6-9,12,15H,3-5,10-11H2,1-2H3. The van der Waals surface area contributed by atoms with Crippen LogP contribution in [0.5, 0.6) is 0 Å². The third kappa shape index (κ3) is 4.06. The van der Waals surface area contributed by atoms with Gasteiger partial charge in [-0.15, -0.1) is 0 Å². The van der Waals surface area contributed by atoms with Crippen molar-refractivity contribution in [2.75, 3.05) is 7.11 Å². The second-order valence-electron chi connectivity index (χ2n) is 5.43. The molecule has 1 aromatic rings. The molecule has 0 aliphatic heterocycles. The van der Waals surface area contributed by atoms with Crippen LogP contribution in [0.25, 0.3) is 0 Å². The molecule has 3 heteroatoms. The summed E-state index contributed by atoms with van der Waals surface area (Å²) in [6.45, 7) is 2.79. The fourth-order valence-corrected chi connectivity index (χ4v) is 2.61. The highest BCUT2D eigenvalue weighted by Crippen LogP contribution is 2.26. The Balaban J connectivity index is 1.91. The molecule has 0 amide bonds. The lowest BCUT2D eigenvalue weighted by molar-refractivity contribution is 0.0155. The molecule has 1 aromatic carbocycles. The molecular weight excluding hydrogens is 240 g/mol. The molecule has 2 atom stereocenters. The van der Waals surface area contributed by atoms with Gasteiger partial charge < -0.3 is 9.47 Å². The molecule has 3 nitrogen and oxygen atoms in total. The number of carbonyl (C=O) groups excluding carboxylic acids is 1. The summed E-state index contributed by atoms with van der Waals surface area (Å²) in [6, 6.07) is 7.43. The predicted molar refractivity (Wildman–Crippen MR) is 74.0 cm³/mol. The first kappa shape index (κ1) is 14.1. The molecular formula is C16H22O3. The van der Waals surface area contributed by atoms with Gasteiger partial charge in [0, 0.05) is 7.11 Å². The molecule has 19 heavy (non-hydrogen) atoms. The highest BCUT2D eigenvalue weighted by atomic mass is 16.5. The fourth-order valence-electron chi connectivity index (χ4n) is 2.61. The molecule has 0 bridgehead atoms. The van der Waals surface area contributed by atoms with E-state index in [1.807, 2.05) is 24.3 Å². The van der Waals surface area contributed by atoms with E-state index in [4.69, 9.17) is 9.47 Å². The van der Waals surface area contributed by atoms with Crippen molar-refractivity contribution in [3.8, 4) is 0 Å². The number of carbonyl (C=O) groups is 1. The Morgan fingerprint density at radius 3 is 2.63 bits per heavy atom. The van der Waals surface area contributed by atoms with E-state index in [1.54, 1.807) is 7.11 Å². The number of hydrogen-bond acceptors (Lipinski definition) is 3. The normalized spacial score (nSPS) is 23.1. The van der Waals surface area contributed by atoms with E-state index < -0.39 is 0 Å². The molecule has 1 fully saturated rings. The van der Waals surface area contributed by atoms with E-state index in [2.05, 4.69) is 6.92 Å².